The number of nitrogens with one attached hydrogen (secondary N) is 1. The number of furan rings is 1. The largest absolute Gasteiger partial charge is 0.486 e. The number of hydrogen-bond acceptors (Lipinski definition) is 5. The van der Waals surface area contributed by atoms with Gasteiger partial charge < -0.3 is 19.2 Å². The van der Waals surface area contributed by atoms with Crippen molar-refractivity contribution >= 4 is 17.6 Å². The Labute approximate surface area is 160 Å². The number of benzene rings is 2. The Balaban J connectivity index is 1.47. The van der Waals surface area contributed by atoms with Crippen LogP contribution in [0.25, 0.3) is 0 Å². The van der Waals surface area contributed by atoms with E-state index in [1.165, 1.54) is 12.1 Å². The van der Waals surface area contributed by atoms with Crippen LogP contribution in [0.2, 0.25) is 0 Å². The van der Waals surface area contributed by atoms with Crippen molar-refractivity contribution in [2.24, 2.45) is 0 Å². The molecule has 1 N–H and O–H groups in total. The molecule has 1 heterocycles. The highest BCUT2D eigenvalue weighted by Gasteiger charge is 2.15. The number of ether oxygens (including phenoxy) is 2. The van der Waals surface area contributed by atoms with Crippen LogP contribution in [-0.2, 0) is 16.1 Å². The van der Waals surface area contributed by atoms with E-state index in [-0.39, 0.29) is 18.1 Å². The number of aryl methyl sites for hydroxylation is 1. The molecule has 0 saturated carbocycles. The van der Waals surface area contributed by atoms with Gasteiger partial charge in [0.05, 0.1) is 0 Å². The fourth-order valence-electron chi connectivity index (χ4n) is 2.31. The van der Waals surface area contributed by atoms with E-state index in [4.69, 9.17) is 13.9 Å². The summed E-state index contributed by atoms with van der Waals surface area (Å²) in [5.41, 5.74) is 0.747. The van der Waals surface area contributed by atoms with Crippen molar-refractivity contribution in [1.29, 1.82) is 0 Å². The predicted molar refractivity (Wildman–Crippen MR) is 99.5 cm³/mol. The molecule has 1 aromatic heterocycles. The van der Waals surface area contributed by atoms with Crippen LogP contribution in [0.4, 0.5) is 10.1 Å². The lowest BCUT2D eigenvalue weighted by Crippen LogP contribution is -2.20. The van der Waals surface area contributed by atoms with Crippen molar-refractivity contribution in [1.82, 2.24) is 0 Å². The Bertz CT molecular complexity index is 968. The first-order valence-electron chi connectivity index (χ1n) is 8.51. The molecule has 3 rings (SSSR count). The van der Waals surface area contributed by atoms with Gasteiger partial charge in [-0.25, -0.2) is 9.18 Å². The summed E-state index contributed by atoms with van der Waals surface area (Å²) in [6, 6.07) is 16.5. The lowest BCUT2D eigenvalue weighted by molar-refractivity contribution is -0.119. The summed E-state index contributed by atoms with van der Waals surface area (Å²) in [7, 11) is 0. The van der Waals surface area contributed by atoms with Gasteiger partial charge in [-0.15, -0.1) is 0 Å². The van der Waals surface area contributed by atoms with E-state index >= 15 is 0 Å². The van der Waals surface area contributed by atoms with Gasteiger partial charge in [0.2, 0.25) is 5.76 Å². The topological polar surface area (TPSA) is 77.8 Å². The van der Waals surface area contributed by atoms with Gasteiger partial charge in [-0.2, -0.15) is 0 Å². The maximum atomic E-state index is 13.5. The number of esters is 1. The van der Waals surface area contributed by atoms with Crippen molar-refractivity contribution in [3.63, 3.8) is 0 Å². The molecule has 0 aliphatic rings. The van der Waals surface area contributed by atoms with Gasteiger partial charge >= 0.3 is 5.97 Å². The number of halogens is 1. The second kappa shape index (κ2) is 8.85. The van der Waals surface area contributed by atoms with Gasteiger partial charge in [0.1, 0.15) is 23.9 Å². The number of rotatable bonds is 7. The Morgan fingerprint density at radius 1 is 1.07 bits per heavy atom. The molecule has 2 aromatic carbocycles. The van der Waals surface area contributed by atoms with Crippen LogP contribution in [0.3, 0.4) is 0 Å². The van der Waals surface area contributed by atoms with Crippen LogP contribution >= 0.6 is 0 Å². The first-order valence-corrected chi connectivity index (χ1v) is 8.51. The van der Waals surface area contributed by atoms with Crippen molar-refractivity contribution < 1.29 is 27.9 Å². The third-order valence-electron chi connectivity index (χ3n) is 3.78. The van der Waals surface area contributed by atoms with Crippen LogP contribution in [-0.4, -0.2) is 18.5 Å². The molecule has 0 saturated heterocycles. The molecule has 0 aliphatic heterocycles. The first-order chi connectivity index (χ1) is 13.5. The lowest BCUT2D eigenvalue weighted by atomic mass is 10.2. The Morgan fingerprint density at radius 3 is 2.61 bits per heavy atom. The van der Waals surface area contributed by atoms with Crippen molar-refractivity contribution in [3.05, 3.63) is 83.6 Å². The van der Waals surface area contributed by atoms with Crippen LogP contribution in [0.1, 0.15) is 21.9 Å². The molecular formula is C21H18FNO5. The Kier molecular flexibility index (Phi) is 6.06. The molecule has 3 aromatic rings. The first kappa shape index (κ1) is 19.2. The fourth-order valence-corrected chi connectivity index (χ4v) is 2.31. The van der Waals surface area contributed by atoms with Crippen LogP contribution in [0.15, 0.2) is 65.1 Å². The quantitative estimate of drug-likeness (QED) is 0.622. The molecule has 6 nitrogen and oxygen atoms in total. The minimum absolute atomic E-state index is 0.0409. The second-order valence-electron chi connectivity index (χ2n) is 5.96. The highest BCUT2D eigenvalue weighted by atomic mass is 19.1. The standard InChI is InChI=1S/C21H18FNO5/c1-14-7-8-15(11-18(14)22)23-20(24)13-27-21(25)19-10-9-17(28-19)12-26-16-5-3-2-4-6-16/h2-11H,12-13H2,1H3,(H,23,24). The summed E-state index contributed by atoms with van der Waals surface area (Å²) in [5, 5.41) is 2.45. The minimum Gasteiger partial charge on any atom is -0.486 e. The maximum absolute atomic E-state index is 13.5. The van der Waals surface area contributed by atoms with E-state index < -0.39 is 24.3 Å². The van der Waals surface area contributed by atoms with Gasteiger partial charge in [0.15, 0.2) is 6.61 Å². The van der Waals surface area contributed by atoms with E-state index in [1.54, 1.807) is 37.3 Å². The average molecular weight is 383 g/mol. The van der Waals surface area contributed by atoms with E-state index in [0.29, 0.717) is 17.1 Å². The Morgan fingerprint density at radius 2 is 1.86 bits per heavy atom. The number of para-hydroxylation sites is 1. The Hall–Kier alpha value is -3.61. The molecule has 144 valence electrons. The summed E-state index contributed by atoms with van der Waals surface area (Å²) in [4.78, 5) is 23.8. The minimum atomic E-state index is -0.781. The SMILES string of the molecule is Cc1ccc(NC(=O)COC(=O)c2ccc(COc3ccccc3)o2)cc1F. The van der Waals surface area contributed by atoms with Crippen LogP contribution < -0.4 is 10.1 Å². The zero-order chi connectivity index (χ0) is 19.9. The molecule has 0 radical (unpaired) electrons. The van der Waals surface area contributed by atoms with Crippen molar-refractivity contribution in [2.75, 3.05) is 11.9 Å². The van der Waals surface area contributed by atoms with Crippen LogP contribution in [0, 0.1) is 12.7 Å². The maximum Gasteiger partial charge on any atom is 0.374 e. The van der Waals surface area contributed by atoms with Crippen molar-refractivity contribution in [2.45, 2.75) is 13.5 Å². The molecule has 0 bridgehead atoms. The van der Waals surface area contributed by atoms with E-state index in [0.717, 1.165) is 0 Å². The molecule has 7 heteroatoms. The third kappa shape index (κ3) is 5.20. The van der Waals surface area contributed by atoms with Gasteiger partial charge in [-0.3, -0.25) is 4.79 Å². The third-order valence-corrected chi connectivity index (χ3v) is 3.78. The monoisotopic (exact) mass is 383 g/mol. The highest BCUT2D eigenvalue weighted by Crippen LogP contribution is 2.15. The summed E-state index contributed by atoms with van der Waals surface area (Å²) in [6.45, 7) is 1.24. The number of amides is 1. The molecular weight excluding hydrogens is 365 g/mol. The zero-order valence-corrected chi connectivity index (χ0v) is 15.1. The summed E-state index contributed by atoms with van der Waals surface area (Å²) in [6.07, 6.45) is 0. The number of carbonyl (C=O) groups is 2. The van der Waals surface area contributed by atoms with Gasteiger partial charge in [-0.1, -0.05) is 24.3 Å². The predicted octanol–water partition coefficient (Wildman–Crippen LogP) is 4.10. The smallest absolute Gasteiger partial charge is 0.374 e. The zero-order valence-electron chi connectivity index (χ0n) is 15.1. The fraction of sp³-hybridized carbons (Fsp3) is 0.143. The molecule has 0 aliphatic carbocycles. The van der Waals surface area contributed by atoms with Crippen LogP contribution in [0.5, 0.6) is 5.75 Å². The summed E-state index contributed by atoms with van der Waals surface area (Å²) < 4.78 is 29.3. The molecule has 0 spiro atoms. The second-order valence-corrected chi connectivity index (χ2v) is 5.96. The summed E-state index contributed by atoms with van der Waals surface area (Å²) >= 11 is 0. The molecule has 28 heavy (non-hydrogen) atoms. The van der Waals surface area contributed by atoms with Gasteiger partial charge in [0.25, 0.3) is 5.91 Å². The number of hydrogen-bond donors (Lipinski definition) is 1. The number of anilines is 1. The van der Waals surface area contributed by atoms with E-state index in [2.05, 4.69) is 5.32 Å². The van der Waals surface area contributed by atoms with Gasteiger partial charge in [-0.05, 0) is 48.9 Å². The normalized spacial score (nSPS) is 10.4. The van der Waals surface area contributed by atoms with Gasteiger partial charge in [0, 0.05) is 5.69 Å². The molecule has 0 atom stereocenters. The molecule has 1 amide bonds. The van der Waals surface area contributed by atoms with E-state index in [1.807, 2.05) is 18.2 Å². The number of carbonyl (C=O) groups excluding carboxylic acids is 2. The van der Waals surface area contributed by atoms with E-state index in [9.17, 15) is 14.0 Å². The van der Waals surface area contributed by atoms with Crippen molar-refractivity contribution in [3.8, 4) is 5.75 Å². The molecule has 0 fully saturated rings. The average Bonchev–Trinajstić information content (AvgIpc) is 3.17. The molecule has 0 unspecified atom stereocenters. The lowest BCUT2D eigenvalue weighted by Gasteiger charge is -2.07. The summed E-state index contributed by atoms with van der Waals surface area (Å²) in [5.74, 6) is -0.730. The highest BCUT2D eigenvalue weighted by molar-refractivity contribution is 5.94.